The SMILES string of the molecule is N#Cc1cc(N)ccc1-c1cccc(OC(F)(F)F)c1. The molecule has 2 rings (SSSR count). The van der Waals surface area contributed by atoms with E-state index in [1.54, 1.807) is 18.2 Å². The van der Waals surface area contributed by atoms with Gasteiger partial charge in [-0.15, -0.1) is 13.2 Å². The highest BCUT2D eigenvalue weighted by molar-refractivity contribution is 5.73. The van der Waals surface area contributed by atoms with E-state index in [1.165, 1.54) is 24.3 Å². The molecule has 0 bridgehead atoms. The second-order valence-corrected chi connectivity index (χ2v) is 3.99. The Hall–Kier alpha value is -2.68. The van der Waals surface area contributed by atoms with Crippen molar-refractivity contribution in [3.8, 4) is 22.9 Å². The highest BCUT2D eigenvalue weighted by Gasteiger charge is 2.31. The standard InChI is InChI=1S/C14H9F3N2O/c15-14(16,17)20-12-3-1-2-9(7-12)13-5-4-11(19)6-10(13)8-18/h1-7H,19H2. The Kier molecular flexibility index (Phi) is 3.53. The summed E-state index contributed by atoms with van der Waals surface area (Å²) >= 11 is 0. The first-order valence-electron chi connectivity index (χ1n) is 5.55. The summed E-state index contributed by atoms with van der Waals surface area (Å²) in [4.78, 5) is 0. The first-order valence-corrected chi connectivity index (χ1v) is 5.55. The summed E-state index contributed by atoms with van der Waals surface area (Å²) < 4.78 is 40.4. The highest BCUT2D eigenvalue weighted by atomic mass is 19.4. The largest absolute Gasteiger partial charge is 0.573 e. The molecule has 2 aromatic rings. The molecule has 0 spiro atoms. The third kappa shape index (κ3) is 3.20. The molecular formula is C14H9F3N2O. The van der Waals surface area contributed by atoms with Gasteiger partial charge in [0.15, 0.2) is 0 Å². The Morgan fingerprint density at radius 3 is 2.50 bits per heavy atom. The smallest absolute Gasteiger partial charge is 0.406 e. The Labute approximate surface area is 113 Å². The van der Waals surface area contributed by atoms with Crippen molar-refractivity contribution >= 4 is 5.69 Å². The summed E-state index contributed by atoms with van der Waals surface area (Å²) in [5.41, 5.74) is 7.21. The summed E-state index contributed by atoms with van der Waals surface area (Å²) in [5, 5.41) is 9.04. The number of rotatable bonds is 2. The van der Waals surface area contributed by atoms with Gasteiger partial charge in [-0.05, 0) is 35.4 Å². The normalized spacial score (nSPS) is 10.9. The zero-order valence-electron chi connectivity index (χ0n) is 10.1. The second-order valence-electron chi connectivity index (χ2n) is 3.99. The van der Waals surface area contributed by atoms with E-state index in [0.717, 1.165) is 0 Å². The monoisotopic (exact) mass is 278 g/mol. The Morgan fingerprint density at radius 1 is 1.10 bits per heavy atom. The first kappa shape index (κ1) is 13.7. The predicted molar refractivity (Wildman–Crippen MR) is 67.7 cm³/mol. The molecule has 0 atom stereocenters. The molecule has 20 heavy (non-hydrogen) atoms. The molecule has 2 aromatic carbocycles. The van der Waals surface area contributed by atoms with Crippen LogP contribution in [0, 0.1) is 11.3 Å². The fourth-order valence-electron chi connectivity index (χ4n) is 1.77. The molecule has 0 heterocycles. The van der Waals surface area contributed by atoms with Crippen molar-refractivity contribution in [3.63, 3.8) is 0 Å². The van der Waals surface area contributed by atoms with Crippen LogP contribution in [-0.4, -0.2) is 6.36 Å². The number of anilines is 1. The van der Waals surface area contributed by atoms with Crippen molar-refractivity contribution in [3.05, 3.63) is 48.0 Å². The Bertz CT molecular complexity index is 675. The maximum atomic E-state index is 12.2. The lowest BCUT2D eigenvalue weighted by Crippen LogP contribution is -2.17. The summed E-state index contributed by atoms with van der Waals surface area (Å²) in [5.74, 6) is -0.337. The van der Waals surface area contributed by atoms with Crippen LogP contribution in [0.2, 0.25) is 0 Å². The highest BCUT2D eigenvalue weighted by Crippen LogP contribution is 2.30. The number of alkyl halides is 3. The molecule has 0 amide bonds. The molecule has 0 radical (unpaired) electrons. The van der Waals surface area contributed by atoms with Gasteiger partial charge in [0.1, 0.15) is 5.75 Å². The number of halogens is 3. The number of hydrogen-bond donors (Lipinski definition) is 1. The van der Waals surface area contributed by atoms with Gasteiger partial charge in [-0.2, -0.15) is 5.26 Å². The zero-order valence-corrected chi connectivity index (χ0v) is 10.1. The average molecular weight is 278 g/mol. The molecule has 102 valence electrons. The van der Waals surface area contributed by atoms with Gasteiger partial charge in [0.25, 0.3) is 0 Å². The lowest BCUT2D eigenvalue weighted by molar-refractivity contribution is -0.274. The number of ether oxygens (including phenoxy) is 1. The zero-order chi connectivity index (χ0) is 14.8. The molecule has 2 N–H and O–H groups in total. The number of nitriles is 1. The molecule has 0 saturated carbocycles. The average Bonchev–Trinajstić information content (AvgIpc) is 2.36. The number of nitrogen functional groups attached to an aromatic ring is 1. The summed E-state index contributed by atoms with van der Waals surface area (Å²) in [6.07, 6.45) is -4.75. The molecule has 0 aromatic heterocycles. The molecule has 0 aliphatic rings. The predicted octanol–water partition coefficient (Wildman–Crippen LogP) is 3.71. The van der Waals surface area contributed by atoms with E-state index in [0.29, 0.717) is 16.8 Å². The van der Waals surface area contributed by atoms with E-state index >= 15 is 0 Å². The van der Waals surface area contributed by atoms with Crippen molar-refractivity contribution in [2.24, 2.45) is 0 Å². The molecule has 3 nitrogen and oxygen atoms in total. The van der Waals surface area contributed by atoms with Gasteiger partial charge in [-0.25, -0.2) is 0 Å². The molecule has 0 saturated heterocycles. The van der Waals surface area contributed by atoms with Gasteiger partial charge in [0.2, 0.25) is 0 Å². The number of nitrogens with two attached hydrogens (primary N) is 1. The molecule has 6 heteroatoms. The maximum absolute atomic E-state index is 12.2. The fourth-order valence-corrected chi connectivity index (χ4v) is 1.77. The maximum Gasteiger partial charge on any atom is 0.573 e. The van der Waals surface area contributed by atoms with E-state index in [1.807, 2.05) is 6.07 Å². The fraction of sp³-hybridized carbons (Fsp3) is 0.0714. The van der Waals surface area contributed by atoms with Crippen LogP contribution < -0.4 is 10.5 Å². The Balaban J connectivity index is 2.44. The van der Waals surface area contributed by atoms with E-state index in [-0.39, 0.29) is 11.3 Å². The van der Waals surface area contributed by atoms with E-state index in [4.69, 9.17) is 11.0 Å². The van der Waals surface area contributed by atoms with Crippen LogP contribution in [0.25, 0.3) is 11.1 Å². The topological polar surface area (TPSA) is 59.0 Å². The van der Waals surface area contributed by atoms with Crippen molar-refractivity contribution in [1.29, 1.82) is 5.26 Å². The van der Waals surface area contributed by atoms with E-state index in [9.17, 15) is 13.2 Å². The van der Waals surface area contributed by atoms with Gasteiger partial charge in [-0.1, -0.05) is 18.2 Å². The molecule has 0 unspecified atom stereocenters. The van der Waals surface area contributed by atoms with Crippen molar-refractivity contribution < 1.29 is 17.9 Å². The van der Waals surface area contributed by atoms with Gasteiger partial charge < -0.3 is 10.5 Å². The van der Waals surface area contributed by atoms with Crippen molar-refractivity contribution in [2.75, 3.05) is 5.73 Å². The van der Waals surface area contributed by atoms with Crippen LogP contribution in [0.5, 0.6) is 5.75 Å². The van der Waals surface area contributed by atoms with Crippen LogP contribution in [0.3, 0.4) is 0 Å². The number of nitrogens with zero attached hydrogens (tertiary/aromatic N) is 1. The van der Waals surface area contributed by atoms with Crippen LogP contribution in [0.4, 0.5) is 18.9 Å². The van der Waals surface area contributed by atoms with Crippen LogP contribution in [0.15, 0.2) is 42.5 Å². The minimum Gasteiger partial charge on any atom is -0.406 e. The van der Waals surface area contributed by atoms with E-state index < -0.39 is 6.36 Å². The number of hydrogen-bond acceptors (Lipinski definition) is 3. The lowest BCUT2D eigenvalue weighted by Gasteiger charge is -2.11. The summed E-state index contributed by atoms with van der Waals surface area (Å²) in [6.45, 7) is 0. The summed E-state index contributed by atoms with van der Waals surface area (Å²) in [7, 11) is 0. The second kappa shape index (κ2) is 5.13. The Morgan fingerprint density at radius 2 is 1.85 bits per heavy atom. The van der Waals surface area contributed by atoms with Gasteiger partial charge >= 0.3 is 6.36 Å². The first-order chi connectivity index (χ1) is 9.39. The van der Waals surface area contributed by atoms with Gasteiger partial charge in [0, 0.05) is 5.69 Å². The third-order valence-electron chi connectivity index (χ3n) is 2.54. The van der Waals surface area contributed by atoms with Crippen molar-refractivity contribution in [2.45, 2.75) is 6.36 Å². The molecule has 0 aliphatic carbocycles. The van der Waals surface area contributed by atoms with Gasteiger partial charge in [-0.3, -0.25) is 0 Å². The van der Waals surface area contributed by atoms with E-state index in [2.05, 4.69) is 4.74 Å². The minimum absolute atomic E-state index is 0.286. The minimum atomic E-state index is -4.75. The molecular weight excluding hydrogens is 269 g/mol. The van der Waals surface area contributed by atoms with Crippen LogP contribution in [0.1, 0.15) is 5.56 Å². The number of benzene rings is 2. The molecule has 0 fully saturated rings. The van der Waals surface area contributed by atoms with Gasteiger partial charge in [0.05, 0.1) is 11.6 Å². The lowest BCUT2D eigenvalue weighted by atomic mass is 9.99. The molecule has 0 aliphatic heterocycles. The third-order valence-corrected chi connectivity index (χ3v) is 2.54. The van der Waals surface area contributed by atoms with Crippen molar-refractivity contribution in [1.82, 2.24) is 0 Å². The summed E-state index contributed by atoms with van der Waals surface area (Å²) in [6, 6.07) is 12.0. The quantitative estimate of drug-likeness (QED) is 0.852. The van der Waals surface area contributed by atoms with Crippen LogP contribution in [-0.2, 0) is 0 Å². The van der Waals surface area contributed by atoms with Crippen LogP contribution >= 0.6 is 0 Å².